The lowest BCUT2D eigenvalue weighted by Gasteiger charge is -2.33. The Hall–Kier alpha value is -4.12. The zero-order chi connectivity index (χ0) is 30.4. The van der Waals surface area contributed by atoms with Crippen molar-refractivity contribution in [2.75, 3.05) is 25.1 Å². The van der Waals surface area contributed by atoms with E-state index in [0.29, 0.717) is 5.75 Å². The van der Waals surface area contributed by atoms with E-state index in [1.54, 1.807) is 45.0 Å². The van der Waals surface area contributed by atoms with E-state index < -0.39 is 45.8 Å². The highest BCUT2D eigenvalue weighted by Gasteiger charge is 2.34. The normalized spacial score (nSPS) is 12.3. The maximum atomic E-state index is 14.7. The molecule has 0 spiro atoms. The van der Waals surface area contributed by atoms with Gasteiger partial charge in [-0.25, -0.2) is 12.8 Å². The molecule has 0 radical (unpaired) electrons. The molecule has 220 valence electrons. The number of rotatable bonds is 11. The van der Waals surface area contributed by atoms with E-state index in [1.165, 1.54) is 74.6 Å². The van der Waals surface area contributed by atoms with Crippen molar-refractivity contribution in [1.29, 1.82) is 0 Å². The SMILES string of the molecule is COc1ccc(N(CC(=O)N(Cc2ccccc2F)[C@H](C)C(=O)NC(C)(C)C)S(=O)(=O)c2ccccc2)cc1OC. The lowest BCUT2D eigenvalue weighted by Crippen LogP contribution is -2.54. The molecular formula is C30H36FN3O6S. The van der Waals surface area contributed by atoms with Gasteiger partial charge in [-0.2, -0.15) is 0 Å². The minimum Gasteiger partial charge on any atom is -0.493 e. The van der Waals surface area contributed by atoms with Gasteiger partial charge in [-0.15, -0.1) is 0 Å². The van der Waals surface area contributed by atoms with E-state index in [9.17, 15) is 22.4 Å². The summed E-state index contributed by atoms with van der Waals surface area (Å²) < 4.78 is 54.1. The van der Waals surface area contributed by atoms with Crippen LogP contribution in [0.15, 0.2) is 77.7 Å². The average molecular weight is 586 g/mol. The third-order valence-electron chi connectivity index (χ3n) is 6.23. The summed E-state index contributed by atoms with van der Waals surface area (Å²) in [6.45, 7) is 5.99. The van der Waals surface area contributed by atoms with E-state index in [2.05, 4.69) is 5.32 Å². The van der Waals surface area contributed by atoms with Crippen molar-refractivity contribution in [2.24, 2.45) is 0 Å². The van der Waals surface area contributed by atoms with Crippen LogP contribution in [-0.2, 0) is 26.2 Å². The molecule has 41 heavy (non-hydrogen) atoms. The Labute approximate surface area is 240 Å². The van der Waals surface area contributed by atoms with E-state index in [-0.39, 0.29) is 28.4 Å². The predicted octanol–water partition coefficient (Wildman–Crippen LogP) is 4.37. The lowest BCUT2D eigenvalue weighted by molar-refractivity contribution is -0.140. The summed E-state index contributed by atoms with van der Waals surface area (Å²) in [6.07, 6.45) is 0. The van der Waals surface area contributed by atoms with Gasteiger partial charge in [-0.1, -0.05) is 36.4 Å². The summed E-state index contributed by atoms with van der Waals surface area (Å²) in [5.74, 6) is -1.10. The molecule has 0 aromatic heterocycles. The van der Waals surface area contributed by atoms with Gasteiger partial charge in [0.25, 0.3) is 10.0 Å². The predicted molar refractivity (Wildman–Crippen MR) is 155 cm³/mol. The number of methoxy groups -OCH3 is 2. The van der Waals surface area contributed by atoms with Crippen molar-refractivity contribution in [1.82, 2.24) is 10.2 Å². The molecule has 0 saturated heterocycles. The molecule has 3 rings (SSSR count). The van der Waals surface area contributed by atoms with Gasteiger partial charge in [0.2, 0.25) is 11.8 Å². The Morgan fingerprint density at radius 2 is 1.54 bits per heavy atom. The molecule has 0 saturated carbocycles. The van der Waals surface area contributed by atoms with Gasteiger partial charge in [0.1, 0.15) is 18.4 Å². The molecule has 0 bridgehead atoms. The van der Waals surface area contributed by atoms with Crippen LogP contribution in [0.5, 0.6) is 11.5 Å². The van der Waals surface area contributed by atoms with Crippen molar-refractivity contribution in [2.45, 2.75) is 50.7 Å². The van der Waals surface area contributed by atoms with Crippen LogP contribution in [0.25, 0.3) is 0 Å². The van der Waals surface area contributed by atoms with E-state index >= 15 is 0 Å². The van der Waals surface area contributed by atoms with Gasteiger partial charge in [-0.3, -0.25) is 13.9 Å². The summed E-state index contributed by atoms with van der Waals surface area (Å²) in [5.41, 5.74) is -0.280. The summed E-state index contributed by atoms with van der Waals surface area (Å²) in [7, 11) is -1.41. The molecule has 3 aromatic rings. The zero-order valence-electron chi connectivity index (χ0n) is 24.0. The number of halogens is 1. The van der Waals surface area contributed by atoms with Crippen LogP contribution in [0.1, 0.15) is 33.3 Å². The second kappa shape index (κ2) is 13.0. The van der Waals surface area contributed by atoms with Gasteiger partial charge in [-0.05, 0) is 58.0 Å². The molecule has 1 N–H and O–H groups in total. The van der Waals surface area contributed by atoms with Crippen LogP contribution >= 0.6 is 0 Å². The third kappa shape index (κ3) is 7.75. The fourth-order valence-corrected chi connectivity index (χ4v) is 5.52. The van der Waals surface area contributed by atoms with Crippen LogP contribution in [0.3, 0.4) is 0 Å². The number of hydrogen-bond acceptors (Lipinski definition) is 6. The summed E-state index contributed by atoms with van der Waals surface area (Å²) in [6, 6.07) is 17.0. The number of ether oxygens (including phenoxy) is 2. The number of nitrogens with one attached hydrogen (secondary N) is 1. The smallest absolute Gasteiger partial charge is 0.264 e. The molecule has 0 heterocycles. The maximum Gasteiger partial charge on any atom is 0.264 e. The van der Waals surface area contributed by atoms with Crippen molar-refractivity contribution < 1.29 is 31.9 Å². The van der Waals surface area contributed by atoms with Crippen LogP contribution in [0, 0.1) is 5.82 Å². The molecule has 0 aliphatic heterocycles. The number of benzene rings is 3. The van der Waals surface area contributed by atoms with Gasteiger partial charge in [0.05, 0.1) is 24.8 Å². The van der Waals surface area contributed by atoms with Gasteiger partial charge in [0.15, 0.2) is 11.5 Å². The average Bonchev–Trinajstić information content (AvgIpc) is 2.94. The number of anilines is 1. The molecule has 0 aliphatic rings. The first kappa shape index (κ1) is 31.4. The first-order valence-corrected chi connectivity index (χ1v) is 14.4. The largest absolute Gasteiger partial charge is 0.493 e. The van der Waals surface area contributed by atoms with Gasteiger partial charge < -0.3 is 19.7 Å². The Balaban J connectivity index is 2.09. The molecule has 3 aromatic carbocycles. The molecule has 2 amide bonds. The standard InChI is InChI=1S/C30H36FN3O6S/c1-21(29(36)32-30(2,3)4)33(19-22-12-10-11-15-25(22)31)28(35)20-34(41(37,38)24-13-8-7-9-14-24)23-16-17-26(39-5)27(18-23)40-6/h7-18,21H,19-20H2,1-6H3,(H,32,36)/t21-/m1/s1. The van der Waals surface area contributed by atoms with Crippen LogP contribution in [-0.4, -0.2) is 57.5 Å². The van der Waals surface area contributed by atoms with Crippen molar-refractivity contribution in [3.05, 3.63) is 84.2 Å². The monoisotopic (exact) mass is 585 g/mol. The van der Waals surface area contributed by atoms with Crippen molar-refractivity contribution in [3.8, 4) is 11.5 Å². The highest BCUT2D eigenvalue weighted by Crippen LogP contribution is 2.34. The van der Waals surface area contributed by atoms with Crippen LogP contribution in [0.2, 0.25) is 0 Å². The Kier molecular flexibility index (Phi) is 9.98. The Morgan fingerprint density at radius 1 is 0.927 bits per heavy atom. The van der Waals surface area contributed by atoms with Crippen molar-refractivity contribution >= 4 is 27.5 Å². The first-order valence-electron chi connectivity index (χ1n) is 12.9. The van der Waals surface area contributed by atoms with Crippen LogP contribution in [0.4, 0.5) is 10.1 Å². The van der Waals surface area contributed by atoms with E-state index in [4.69, 9.17) is 9.47 Å². The molecular weight excluding hydrogens is 549 g/mol. The number of carbonyl (C=O) groups is 2. The van der Waals surface area contributed by atoms with Gasteiger partial charge >= 0.3 is 0 Å². The molecule has 0 aliphatic carbocycles. The highest BCUT2D eigenvalue weighted by atomic mass is 32.2. The lowest BCUT2D eigenvalue weighted by atomic mass is 10.1. The Morgan fingerprint density at radius 3 is 2.12 bits per heavy atom. The minimum atomic E-state index is -4.27. The van der Waals surface area contributed by atoms with E-state index in [1.807, 2.05) is 0 Å². The minimum absolute atomic E-state index is 0.0400. The van der Waals surface area contributed by atoms with Gasteiger partial charge in [0, 0.05) is 23.7 Å². The summed E-state index contributed by atoms with van der Waals surface area (Å²) >= 11 is 0. The number of hydrogen-bond donors (Lipinski definition) is 1. The third-order valence-corrected chi connectivity index (χ3v) is 8.02. The summed E-state index contributed by atoms with van der Waals surface area (Å²) in [5, 5.41) is 2.83. The second-order valence-electron chi connectivity index (χ2n) is 10.4. The number of carbonyl (C=O) groups excluding carboxylic acids is 2. The zero-order valence-corrected chi connectivity index (χ0v) is 24.9. The Bertz CT molecular complexity index is 1480. The molecule has 0 fully saturated rings. The second-order valence-corrected chi connectivity index (χ2v) is 12.3. The maximum absolute atomic E-state index is 14.7. The molecule has 9 nitrogen and oxygen atoms in total. The molecule has 1 atom stereocenters. The number of sulfonamides is 1. The topological polar surface area (TPSA) is 105 Å². The first-order chi connectivity index (χ1) is 19.3. The van der Waals surface area contributed by atoms with E-state index in [0.717, 1.165) is 4.31 Å². The quantitative estimate of drug-likeness (QED) is 0.358. The fourth-order valence-electron chi connectivity index (χ4n) is 4.10. The highest BCUT2D eigenvalue weighted by molar-refractivity contribution is 7.92. The summed E-state index contributed by atoms with van der Waals surface area (Å²) in [4.78, 5) is 28.3. The molecule has 11 heteroatoms. The van der Waals surface area contributed by atoms with Crippen molar-refractivity contribution in [3.63, 3.8) is 0 Å². The number of nitrogens with zero attached hydrogens (tertiary/aromatic N) is 2. The molecule has 0 unspecified atom stereocenters. The fraction of sp³-hybridized carbons (Fsp3) is 0.333. The van der Waals surface area contributed by atoms with Crippen LogP contribution < -0.4 is 19.1 Å². The number of amides is 2.